The lowest BCUT2D eigenvalue weighted by Crippen LogP contribution is -2.12. The molecule has 1 N–H and O–H groups in total. The van der Waals surface area contributed by atoms with Crippen LogP contribution >= 0.6 is 11.5 Å². The van der Waals surface area contributed by atoms with Gasteiger partial charge in [-0.1, -0.05) is 29.5 Å². The highest BCUT2D eigenvalue weighted by molar-refractivity contribution is 7.10. The van der Waals surface area contributed by atoms with E-state index < -0.39 is 5.82 Å². The van der Waals surface area contributed by atoms with Crippen LogP contribution in [-0.4, -0.2) is 37.4 Å². The van der Waals surface area contributed by atoms with Gasteiger partial charge in [-0.2, -0.15) is 9.36 Å². The number of carbonyl (C=O) groups excluding carboxylic acids is 1. The molecule has 10 heteroatoms. The van der Waals surface area contributed by atoms with Gasteiger partial charge in [-0.15, -0.1) is 5.10 Å². The fraction of sp³-hybridized carbons (Fsp3) is 0.105. The summed E-state index contributed by atoms with van der Waals surface area (Å²) >= 11 is 1.01. The van der Waals surface area contributed by atoms with E-state index >= 15 is 0 Å². The van der Waals surface area contributed by atoms with Crippen molar-refractivity contribution in [3.05, 3.63) is 65.6 Å². The van der Waals surface area contributed by atoms with Gasteiger partial charge >= 0.3 is 0 Å². The number of rotatable bonds is 5. The van der Waals surface area contributed by atoms with E-state index in [0.29, 0.717) is 33.7 Å². The molecular formula is C19H15FN6O2S. The minimum absolute atomic E-state index is 0.281. The molecule has 0 radical (unpaired) electrons. The first-order valence-electron chi connectivity index (χ1n) is 8.54. The zero-order valence-electron chi connectivity index (χ0n) is 15.5. The molecule has 4 rings (SSSR count). The molecule has 0 atom stereocenters. The van der Waals surface area contributed by atoms with E-state index in [1.807, 2.05) is 0 Å². The molecule has 2 aromatic heterocycles. The first-order valence-corrected chi connectivity index (χ1v) is 9.31. The van der Waals surface area contributed by atoms with E-state index in [-0.39, 0.29) is 11.6 Å². The number of benzene rings is 2. The fourth-order valence-electron chi connectivity index (χ4n) is 2.76. The molecular weight excluding hydrogens is 395 g/mol. The Hall–Kier alpha value is -3.66. The van der Waals surface area contributed by atoms with Crippen LogP contribution in [-0.2, 0) is 0 Å². The smallest absolute Gasteiger partial charge is 0.261 e. The SMILES string of the molecule is COc1ccccc1C(=O)Nc1nc(-c2nnn(-c3ccccc3F)c2C)ns1. The van der Waals surface area contributed by atoms with Crippen molar-refractivity contribution in [3.8, 4) is 23.0 Å². The lowest BCUT2D eigenvalue weighted by molar-refractivity contribution is 0.102. The molecule has 29 heavy (non-hydrogen) atoms. The number of halogens is 1. The number of nitrogens with one attached hydrogen (secondary N) is 1. The molecule has 0 aliphatic carbocycles. The minimum atomic E-state index is -0.414. The Balaban J connectivity index is 1.59. The number of amides is 1. The number of nitrogens with zero attached hydrogens (tertiary/aromatic N) is 5. The molecule has 1 amide bonds. The van der Waals surface area contributed by atoms with Crippen LogP contribution in [0.15, 0.2) is 48.5 Å². The van der Waals surface area contributed by atoms with Crippen LogP contribution in [0.3, 0.4) is 0 Å². The summed E-state index contributed by atoms with van der Waals surface area (Å²) in [5.74, 6) is -0.0243. The predicted octanol–water partition coefficient (Wildman–Crippen LogP) is 3.49. The molecule has 2 aromatic carbocycles. The van der Waals surface area contributed by atoms with Crippen LogP contribution < -0.4 is 10.1 Å². The second-order valence-corrected chi connectivity index (χ2v) is 6.72. The van der Waals surface area contributed by atoms with Crippen molar-refractivity contribution >= 4 is 22.6 Å². The molecule has 8 nitrogen and oxygen atoms in total. The van der Waals surface area contributed by atoms with Crippen LogP contribution in [0.4, 0.5) is 9.52 Å². The molecule has 0 fully saturated rings. The Morgan fingerprint density at radius 1 is 1.17 bits per heavy atom. The highest BCUT2D eigenvalue weighted by Gasteiger charge is 2.19. The molecule has 0 saturated heterocycles. The molecule has 0 aliphatic rings. The second-order valence-electron chi connectivity index (χ2n) is 5.96. The number of ether oxygens (including phenoxy) is 1. The maximum absolute atomic E-state index is 14.1. The van der Waals surface area contributed by atoms with Gasteiger partial charge in [-0.05, 0) is 31.2 Å². The summed E-state index contributed by atoms with van der Waals surface area (Å²) in [6.07, 6.45) is 0. The van der Waals surface area contributed by atoms with Crippen molar-refractivity contribution < 1.29 is 13.9 Å². The Labute approximate surface area is 169 Å². The van der Waals surface area contributed by atoms with Gasteiger partial charge in [0.2, 0.25) is 5.13 Å². The predicted molar refractivity (Wildman–Crippen MR) is 106 cm³/mol. The molecule has 0 aliphatic heterocycles. The number of methoxy groups -OCH3 is 1. The number of hydrogen-bond acceptors (Lipinski definition) is 7. The maximum Gasteiger partial charge on any atom is 0.261 e. The summed E-state index contributed by atoms with van der Waals surface area (Å²) in [6, 6.07) is 13.1. The lowest BCUT2D eigenvalue weighted by Gasteiger charge is -2.06. The van der Waals surface area contributed by atoms with Crippen molar-refractivity contribution in [3.63, 3.8) is 0 Å². The highest BCUT2D eigenvalue weighted by Crippen LogP contribution is 2.25. The monoisotopic (exact) mass is 410 g/mol. The van der Waals surface area contributed by atoms with Crippen molar-refractivity contribution in [2.45, 2.75) is 6.92 Å². The van der Waals surface area contributed by atoms with Crippen molar-refractivity contribution in [1.82, 2.24) is 24.4 Å². The van der Waals surface area contributed by atoms with E-state index in [1.165, 1.54) is 17.9 Å². The number of carbonyl (C=O) groups is 1. The van der Waals surface area contributed by atoms with E-state index in [1.54, 1.807) is 49.4 Å². The number of anilines is 1. The average Bonchev–Trinajstić information content (AvgIpc) is 3.34. The Morgan fingerprint density at radius 3 is 2.72 bits per heavy atom. The Bertz CT molecular complexity index is 1190. The van der Waals surface area contributed by atoms with E-state index in [0.717, 1.165) is 11.5 Å². The number of hydrogen-bond donors (Lipinski definition) is 1. The second kappa shape index (κ2) is 7.76. The largest absolute Gasteiger partial charge is 0.496 e. The van der Waals surface area contributed by atoms with E-state index in [9.17, 15) is 9.18 Å². The molecule has 0 saturated carbocycles. The van der Waals surface area contributed by atoms with Gasteiger partial charge in [0.1, 0.15) is 17.3 Å². The number of para-hydroxylation sites is 2. The van der Waals surface area contributed by atoms with Gasteiger partial charge in [0.25, 0.3) is 5.91 Å². The zero-order valence-corrected chi connectivity index (χ0v) is 16.3. The van der Waals surface area contributed by atoms with Crippen molar-refractivity contribution in [2.24, 2.45) is 0 Å². The molecule has 0 bridgehead atoms. The van der Waals surface area contributed by atoms with Crippen molar-refractivity contribution in [1.29, 1.82) is 0 Å². The van der Waals surface area contributed by atoms with Crippen LogP contribution in [0, 0.1) is 12.7 Å². The number of aromatic nitrogens is 5. The Morgan fingerprint density at radius 2 is 1.93 bits per heavy atom. The summed E-state index contributed by atoms with van der Waals surface area (Å²) in [7, 11) is 1.50. The van der Waals surface area contributed by atoms with Crippen LogP contribution in [0.1, 0.15) is 16.1 Å². The summed E-state index contributed by atoms with van der Waals surface area (Å²) in [5, 5.41) is 11.1. The Kier molecular flexibility index (Phi) is 5.00. The standard InChI is InChI=1S/C19H15FN6O2S/c1-11-16(23-25-26(11)14-9-5-4-8-13(14)20)17-21-19(29-24-17)22-18(27)12-7-3-6-10-15(12)28-2/h3-10H,1-2H3,(H,21,22,24,27). The summed E-state index contributed by atoms with van der Waals surface area (Å²) in [5.41, 5.74) is 1.65. The van der Waals surface area contributed by atoms with Gasteiger partial charge in [0, 0.05) is 11.5 Å². The van der Waals surface area contributed by atoms with Gasteiger partial charge in [0.15, 0.2) is 11.5 Å². The molecule has 2 heterocycles. The first-order chi connectivity index (χ1) is 14.1. The highest BCUT2D eigenvalue weighted by atomic mass is 32.1. The minimum Gasteiger partial charge on any atom is -0.496 e. The van der Waals surface area contributed by atoms with Crippen LogP contribution in [0.2, 0.25) is 0 Å². The third-order valence-electron chi connectivity index (χ3n) is 4.19. The zero-order chi connectivity index (χ0) is 20.4. The van der Waals surface area contributed by atoms with Crippen molar-refractivity contribution in [2.75, 3.05) is 12.4 Å². The molecule has 4 aromatic rings. The fourth-order valence-corrected chi connectivity index (χ4v) is 3.32. The maximum atomic E-state index is 14.1. The average molecular weight is 410 g/mol. The first kappa shape index (κ1) is 18.7. The van der Waals surface area contributed by atoms with Crippen LogP contribution in [0.25, 0.3) is 17.2 Å². The van der Waals surface area contributed by atoms with Gasteiger partial charge in [0.05, 0.1) is 18.4 Å². The van der Waals surface area contributed by atoms with E-state index in [2.05, 4.69) is 25.0 Å². The van der Waals surface area contributed by atoms with Gasteiger partial charge in [-0.3, -0.25) is 10.1 Å². The van der Waals surface area contributed by atoms with E-state index in [4.69, 9.17) is 4.74 Å². The normalized spacial score (nSPS) is 10.7. The quantitative estimate of drug-likeness (QED) is 0.541. The van der Waals surface area contributed by atoms with Gasteiger partial charge in [-0.25, -0.2) is 9.07 Å². The summed E-state index contributed by atoms with van der Waals surface area (Å²) in [6.45, 7) is 1.75. The third-order valence-corrected chi connectivity index (χ3v) is 4.82. The molecule has 0 unspecified atom stereocenters. The molecule has 146 valence electrons. The molecule has 0 spiro atoms. The summed E-state index contributed by atoms with van der Waals surface area (Å²) in [4.78, 5) is 16.8. The van der Waals surface area contributed by atoms with Crippen LogP contribution in [0.5, 0.6) is 5.75 Å². The topological polar surface area (TPSA) is 94.8 Å². The lowest BCUT2D eigenvalue weighted by atomic mass is 10.2. The third kappa shape index (κ3) is 3.57. The summed E-state index contributed by atoms with van der Waals surface area (Å²) < 4.78 is 24.9. The van der Waals surface area contributed by atoms with Gasteiger partial charge < -0.3 is 4.74 Å².